The smallest absolute Gasteiger partial charge is 0.418 e. The highest BCUT2D eigenvalue weighted by atomic mass is 35.5. The number of halogens is 4. The Hall–Kier alpha value is -1.23. The summed E-state index contributed by atoms with van der Waals surface area (Å²) >= 11 is 5.46. The number of hydrogen-bond acceptors (Lipinski definition) is 2. The van der Waals surface area contributed by atoms with Crippen LogP contribution in [0.15, 0.2) is 12.1 Å². The third-order valence-corrected chi connectivity index (χ3v) is 2.29. The van der Waals surface area contributed by atoms with Crippen LogP contribution < -0.4 is 4.74 Å². The van der Waals surface area contributed by atoms with Gasteiger partial charge in [0.25, 0.3) is 0 Å². The molecule has 1 aromatic rings. The Balaban J connectivity index is 3.62. The summed E-state index contributed by atoms with van der Waals surface area (Å²) in [6.45, 7) is 1.03. The molecule has 0 aliphatic rings. The number of alkyl halides is 3. The Bertz CT molecular complexity index is 427. The van der Waals surface area contributed by atoms with Crippen LogP contribution in [0.3, 0.4) is 0 Å². The third-order valence-electron chi connectivity index (χ3n) is 1.97. The first-order valence-corrected chi connectivity index (χ1v) is 4.61. The highest BCUT2D eigenvalue weighted by Gasteiger charge is 2.38. The lowest BCUT2D eigenvalue weighted by atomic mass is 10.0. The predicted octanol–water partition coefficient (Wildman–Crippen LogP) is 3.57. The van der Waals surface area contributed by atoms with Crippen molar-refractivity contribution >= 4 is 17.4 Å². The number of benzene rings is 1. The molecule has 1 aromatic carbocycles. The van der Waals surface area contributed by atoms with E-state index < -0.39 is 28.1 Å². The van der Waals surface area contributed by atoms with Crippen molar-refractivity contribution in [3.05, 3.63) is 28.3 Å². The zero-order valence-corrected chi connectivity index (χ0v) is 9.24. The molecule has 1 rings (SSSR count). The summed E-state index contributed by atoms with van der Waals surface area (Å²) in [6, 6.07) is 2.28. The molecule has 0 saturated carbocycles. The summed E-state index contributed by atoms with van der Waals surface area (Å²) in [5.74, 6) is -0.879. The van der Waals surface area contributed by atoms with Crippen LogP contribution in [0.25, 0.3) is 0 Å². The molecule has 0 aliphatic heterocycles. The number of ketones is 1. The van der Waals surface area contributed by atoms with Crippen LogP contribution in [0.2, 0.25) is 5.02 Å². The van der Waals surface area contributed by atoms with Crippen LogP contribution in [0, 0.1) is 0 Å². The van der Waals surface area contributed by atoms with E-state index in [4.69, 9.17) is 16.3 Å². The summed E-state index contributed by atoms with van der Waals surface area (Å²) in [6.07, 6.45) is -4.69. The number of rotatable bonds is 2. The van der Waals surface area contributed by atoms with Crippen molar-refractivity contribution < 1.29 is 22.7 Å². The van der Waals surface area contributed by atoms with Crippen LogP contribution in [0.1, 0.15) is 22.8 Å². The second-order valence-corrected chi connectivity index (χ2v) is 3.46. The molecular weight excluding hydrogens is 245 g/mol. The van der Waals surface area contributed by atoms with Crippen molar-refractivity contribution in [2.45, 2.75) is 13.1 Å². The largest absolute Gasteiger partial charge is 0.496 e. The first-order valence-electron chi connectivity index (χ1n) is 4.23. The van der Waals surface area contributed by atoms with E-state index in [0.29, 0.717) is 0 Å². The first kappa shape index (κ1) is 12.8. The molecule has 0 aliphatic carbocycles. The quantitative estimate of drug-likeness (QED) is 0.752. The van der Waals surface area contributed by atoms with E-state index in [2.05, 4.69) is 0 Å². The van der Waals surface area contributed by atoms with Gasteiger partial charge >= 0.3 is 6.18 Å². The van der Waals surface area contributed by atoms with Crippen molar-refractivity contribution in [3.63, 3.8) is 0 Å². The minimum atomic E-state index is -4.69. The monoisotopic (exact) mass is 252 g/mol. The normalized spacial score (nSPS) is 11.4. The molecule has 0 bridgehead atoms. The highest BCUT2D eigenvalue weighted by molar-refractivity contribution is 6.32. The molecule has 0 saturated heterocycles. The number of hydrogen-bond donors (Lipinski definition) is 0. The van der Waals surface area contributed by atoms with Crippen molar-refractivity contribution in [1.82, 2.24) is 0 Å². The van der Waals surface area contributed by atoms with Gasteiger partial charge in [0.05, 0.1) is 23.3 Å². The summed E-state index contributed by atoms with van der Waals surface area (Å²) < 4.78 is 42.8. The van der Waals surface area contributed by atoms with Crippen LogP contribution in [0.4, 0.5) is 13.2 Å². The molecule has 0 spiro atoms. The molecule has 0 radical (unpaired) electrons. The van der Waals surface area contributed by atoms with Gasteiger partial charge in [0.15, 0.2) is 5.78 Å². The van der Waals surface area contributed by atoms with Crippen LogP contribution in [-0.2, 0) is 6.18 Å². The zero-order valence-electron chi connectivity index (χ0n) is 8.48. The summed E-state index contributed by atoms with van der Waals surface area (Å²) in [4.78, 5) is 11.2. The van der Waals surface area contributed by atoms with Gasteiger partial charge in [-0.2, -0.15) is 13.2 Å². The molecule has 0 fully saturated rings. The van der Waals surface area contributed by atoms with Gasteiger partial charge in [-0.05, 0) is 19.1 Å². The fourth-order valence-electron chi connectivity index (χ4n) is 1.35. The zero-order chi connectivity index (χ0) is 12.5. The van der Waals surface area contributed by atoms with E-state index in [1.807, 2.05) is 0 Å². The van der Waals surface area contributed by atoms with Crippen molar-refractivity contribution in [1.29, 1.82) is 0 Å². The fraction of sp³-hybridized carbons (Fsp3) is 0.300. The summed E-state index contributed by atoms with van der Waals surface area (Å²) in [5, 5.41) is -0.515. The van der Waals surface area contributed by atoms with Crippen LogP contribution in [0.5, 0.6) is 5.75 Å². The summed E-state index contributed by atoms with van der Waals surface area (Å²) in [7, 11) is 1.19. The average molecular weight is 253 g/mol. The van der Waals surface area contributed by atoms with E-state index in [1.165, 1.54) is 13.2 Å². The maximum atomic E-state index is 12.7. The molecule has 0 N–H and O–H groups in total. The molecule has 6 heteroatoms. The predicted molar refractivity (Wildman–Crippen MR) is 53.0 cm³/mol. The second kappa shape index (κ2) is 4.33. The van der Waals surface area contributed by atoms with Gasteiger partial charge in [0, 0.05) is 0 Å². The van der Waals surface area contributed by atoms with Crippen LogP contribution >= 0.6 is 11.6 Å². The van der Waals surface area contributed by atoms with Crippen molar-refractivity contribution in [3.8, 4) is 5.75 Å². The van der Waals surface area contributed by atoms with Gasteiger partial charge in [-0.1, -0.05) is 11.6 Å². The minimum Gasteiger partial charge on any atom is -0.496 e. The Morgan fingerprint density at radius 3 is 2.31 bits per heavy atom. The maximum Gasteiger partial charge on any atom is 0.418 e. The third kappa shape index (κ3) is 2.29. The number of ether oxygens (including phenoxy) is 1. The standard InChI is InChI=1S/C10H8ClF3O2/c1-5(15)8-7(16-2)4-3-6(11)9(8)10(12,13)14/h3-4H,1-2H3. The highest BCUT2D eigenvalue weighted by Crippen LogP contribution is 2.40. The van der Waals surface area contributed by atoms with Gasteiger partial charge in [0.1, 0.15) is 5.75 Å². The van der Waals surface area contributed by atoms with E-state index in [1.54, 1.807) is 0 Å². The lowest BCUT2D eigenvalue weighted by Gasteiger charge is -2.15. The Morgan fingerprint density at radius 2 is 1.94 bits per heavy atom. The van der Waals surface area contributed by atoms with E-state index in [0.717, 1.165) is 13.0 Å². The molecule has 0 aromatic heterocycles. The first-order chi connectivity index (χ1) is 7.29. The van der Waals surface area contributed by atoms with Gasteiger partial charge in [0.2, 0.25) is 0 Å². The van der Waals surface area contributed by atoms with E-state index in [-0.39, 0.29) is 5.75 Å². The molecule has 0 amide bonds. The van der Waals surface area contributed by atoms with Crippen LogP contribution in [-0.4, -0.2) is 12.9 Å². The van der Waals surface area contributed by atoms with Gasteiger partial charge in [-0.3, -0.25) is 4.79 Å². The maximum absolute atomic E-state index is 12.7. The molecule has 0 atom stereocenters. The fourth-order valence-corrected chi connectivity index (χ4v) is 1.62. The molecule has 88 valence electrons. The Morgan fingerprint density at radius 1 is 1.38 bits per heavy atom. The Labute approximate surface area is 95.0 Å². The van der Waals surface area contributed by atoms with E-state index >= 15 is 0 Å². The average Bonchev–Trinajstić information content (AvgIpc) is 2.15. The van der Waals surface area contributed by atoms with Crippen molar-refractivity contribution in [2.75, 3.05) is 7.11 Å². The molecule has 16 heavy (non-hydrogen) atoms. The van der Waals surface area contributed by atoms with Gasteiger partial charge < -0.3 is 4.74 Å². The van der Waals surface area contributed by atoms with Gasteiger partial charge in [-0.15, -0.1) is 0 Å². The lowest BCUT2D eigenvalue weighted by molar-refractivity contribution is -0.137. The molecule has 2 nitrogen and oxygen atoms in total. The van der Waals surface area contributed by atoms with Gasteiger partial charge in [-0.25, -0.2) is 0 Å². The SMILES string of the molecule is COc1ccc(Cl)c(C(F)(F)F)c1C(C)=O. The topological polar surface area (TPSA) is 26.3 Å². The lowest BCUT2D eigenvalue weighted by Crippen LogP contribution is -2.13. The molecule has 0 unspecified atom stereocenters. The Kier molecular flexibility index (Phi) is 3.48. The van der Waals surface area contributed by atoms with Crippen molar-refractivity contribution in [2.24, 2.45) is 0 Å². The number of carbonyl (C=O) groups excluding carboxylic acids is 1. The number of carbonyl (C=O) groups is 1. The molecule has 0 heterocycles. The summed E-state index contributed by atoms with van der Waals surface area (Å²) in [5.41, 5.74) is -1.69. The number of Topliss-reactive ketones (excluding diaryl/α,β-unsaturated/α-hetero) is 1. The molecular formula is C10H8ClF3O2. The minimum absolute atomic E-state index is 0.135. The second-order valence-electron chi connectivity index (χ2n) is 3.05. The van der Waals surface area contributed by atoms with E-state index in [9.17, 15) is 18.0 Å². The number of methoxy groups -OCH3 is 1.